The quantitative estimate of drug-likeness (QED) is 0.502. The number of rotatable bonds is 7. The molecule has 0 saturated heterocycles. The molecule has 3 aromatic rings. The summed E-state index contributed by atoms with van der Waals surface area (Å²) in [6.07, 6.45) is 0. The molecule has 0 saturated carbocycles. The minimum Gasteiger partial charge on any atom is -0.352 e. The third kappa shape index (κ3) is 5.42. The van der Waals surface area contributed by atoms with E-state index < -0.39 is 0 Å². The van der Waals surface area contributed by atoms with Crippen molar-refractivity contribution in [3.63, 3.8) is 0 Å². The summed E-state index contributed by atoms with van der Waals surface area (Å²) in [6, 6.07) is 15.9. The van der Waals surface area contributed by atoms with E-state index in [1.54, 1.807) is 11.3 Å². The van der Waals surface area contributed by atoms with Crippen LogP contribution in [-0.4, -0.2) is 24.5 Å². The Morgan fingerprint density at radius 3 is 2.46 bits per heavy atom. The van der Waals surface area contributed by atoms with Gasteiger partial charge >= 0.3 is 0 Å². The lowest BCUT2D eigenvalue weighted by Crippen LogP contribution is -2.27. The van der Waals surface area contributed by atoms with E-state index in [0.29, 0.717) is 18.0 Å². The summed E-state index contributed by atoms with van der Waals surface area (Å²) >= 11 is 5.09. The van der Waals surface area contributed by atoms with Crippen molar-refractivity contribution >= 4 is 38.3 Å². The normalized spacial score (nSPS) is 10.9. The van der Waals surface area contributed by atoms with Crippen LogP contribution in [0.2, 0.25) is 0 Å². The van der Waals surface area contributed by atoms with Gasteiger partial charge in [0.15, 0.2) is 5.13 Å². The minimum atomic E-state index is -0.0207. The maximum Gasteiger partial charge on any atom is 0.251 e. The molecule has 0 atom stereocenters. The van der Waals surface area contributed by atoms with Gasteiger partial charge in [-0.3, -0.25) is 4.79 Å². The highest BCUT2D eigenvalue weighted by molar-refractivity contribution is 9.10. The Kier molecular flexibility index (Phi) is 6.86. The molecule has 0 aliphatic rings. The van der Waals surface area contributed by atoms with Crippen LogP contribution in [0.4, 0.5) is 5.13 Å². The number of halogens is 1. The van der Waals surface area contributed by atoms with E-state index in [9.17, 15) is 4.79 Å². The van der Waals surface area contributed by atoms with Crippen molar-refractivity contribution in [3.8, 4) is 11.3 Å². The highest BCUT2D eigenvalue weighted by Crippen LogP contribution is 2.28. The minimum absolute atomic E-state index is 0.0207. The van der Waals surface area contributed by atoms with E-state index in [4.69, 9.17) is 4.98 Å². The second-order valence-corrected chi connectivity index (χ2v) is 8.93. The Bertz CT molecular complexity index is 920. The van der Waals surface area contributed by atoms with Gasteiger partial charge in [0, 0.05) is 41.1 Å². The van der Waals surface area contributed by atoms with E-state index >= 15 is 0 Å². The van der Waals surface area contributed by atoms with Crippen LogP contribution in [-0.2, 0) is 6.54 Å². The first-order chi connectivity index (χ1) is 13.4. The smallest absolute Gasteiger partial charge is 0.251 e. The molecule has 1 N–H and O–H groups in total. The predicted octanol–water partition coefficient (Wildman–Crippen LogP) is 5.59. The topological polar surface area (TPSA) is 45.2 Å². The molecule has 1 amide bonds. The molecule has 4 nitrogen and oxygen atoms in total. The Labute approximate surface area is 178 Å². The molecule has 1 aromatic heterocycles. The number of amides is 1. The summed E-state index contributed by atoms with van der Waals surface area (Å²) in [5, 5.41) is 6.00. The van der Waals surface area contributed by atoms with Gasteiger partial charge in [-0.1, -0.05) is 54.0 Å². The number of carbonyl (C=O) groups is 1. The number of anilines is 1. The molecular weight excluding hydrogens is 434 g/mol. The van der Waals surface area contributed by atoms with Crippen LogP contribution in [0.15, 0.2) is 58.4 Å². The summed E-state index contributed by atoms with van der Waals surface area (Å²) in [5.41, 5.74) is 3.93. The summed E-state index contributed by atoms with van der Waals surface area (Å²) in [7, 11) is 2.04. The SMILES string of the molecule is CC(C)CNC(=O)c1ccc(CN(C)c2nc(-c3ccc(Br)cc3)cs2)cc1. The second-order valence-electron chi connectivity index (χ2n) is 7.18. The lowest BCUT2D eigenvalue weighted by atomic mass is 10.1. The van der Waals surface area contributed by atoms with E-state index in [2.05, 4.69) is 57.5 Å². The zero-order valence-corrected chi connectivity index (χ0v) is 18.7. The molecule has 28 heavy (non-hydrogen) atoms. The van der Waals surface area contributed by atoms with Crippen molar-refractivity contribution in [1.82, 2.24) is 10.3 Å². The average molecular weight is 458 g/mol. The molecule has 0 fully saturated rings. The largest absolute Gasteiger partial charge is 0.352 e. The number of nitrogens with one attached hydrogen (secondary N) is 1. The fourth-order valence-corrected chi connectivity index (χ4v) is 3.76. The van der Waals surface area contributed by atoms with Crippen LogP contribution in [0.5, 0.6) is 0 Å². The second kappa shape index (κ2) is 9.34. The number of hydrogen-bond donors (Lipinski definition) is 1. The number of hydrogen-bond acceptors (Lipinski definition) is 4. The van der Waals surface area contributed by atoms with Crippen LogP contribution < -0.4 is 10.2 Å². The van der Waals surface area contributed by atoms with E-state index in [1.165, 1.54) is 0 Å². The first-order valence-electron chi connectivity index (χ1n) is 9.22. The van der Waals surface area contributed by atoms with Gasteiger partial charge in [-0.05, 0) is 35.7 Å². The molecule has 0 aliphatic carbocycles. The number of thiazole rings is 1. The monoisotopic (exact) mass is 457 g/mol. The first-order valence-corrected chi connectivity index (χ1v) is 10.9. The summed E-state index contributed by atoms with van der Waals surface area (Å²) in [4.78, 5) is 19.0. The third-order valence-electron chi connectivity index (χ3n) is 4.27. The van der Waals surface area contributed by atoms with E-state index in [0.717, 1.165) is 33.0 Å². The Morgan fingerprint density at radius 1 is 1.14 bits per heavy atom. The Balaban J connectivity index is 1.62. The predicted molar refractivity (Wildman–Crippen MR) is 121 cm³/mol. The van der Waals surface area contributed by atoms with Crippen LogP contribution in [0.25, 0.3) is 11.3 Å². The maximum atomic E-state index is 12.1. The van der Waals surface area contributed by atoms with Gasteiger partial charge in [0.2, 0.25) is 0 Å². The highest BCUT2D eigenvalue weighted by atomic mass is 79.9. The molecule has 0 radical (unpaired) electrons. The summed E-state index contributed by atoms with van der Waals surface area (Å²) in [5.74, 6) is 0.421. The van der Waals surface area contributed by atoms with E-state index in [-0.39, 0.29) is 5.91 Å². The summed E-state index contributed by atoms with van der Waals surface area (Å²) < 4.78 is 1.06. The molecule has 1 heterocycles. The number of nitrogens with zero attached hydrogens (tertiary/aromatic N) is 2. The van der Waals surface area contributed by atoms with Gasteiger partial charge in [0.05, 0.1) is 5.69 Å². The van der Waals surface area contributed by atoms with Gasteiger partial charge in [0.1, 0.15) is 0 Å². The molecule has 0 spiro atoms. The molecule has 6 heteroatoms. The van der Waals surface area contributed by atoms with Gasteiger partial charge in [-0.2, -0.15) is 0 Å². The van der Waals surface area contributed by atoms with Crippen LogP contribution in [0.3, 0.4) is 0 Å². The Morgan fingerprint density at radius 2 is 1.82 bits per heavy atom. The van der Waals surface area contributed by atoms with Gasteiger partial charge < -0.3 is 10.2 Å². The van der Waals surface area contributed by atoms with Crippen molar-refractivity contribution in [2.24, 2.45) is 5.92 Å². The van der Waals surface area contributed by atoms with Crippen molar-refractivity contribution in [1.29, 1.82) is 0 Å². The standard InChI is InChI=1S/C22H24BrN3OS/c1-15(2)12-24-21(27)18-6-4-16(5-7-18)13-26(3)22-25-20(14-28-22)17-8-10-19(23)11-9-17/h4-11,14-15H,12-13H2,1-3H3,(H,24,27). The molecular formula is C22H24BrN3OS. The Hall–Kier alpha value is -2.18. The fourth-order valence-electron chi connectivity index (χ4n) is 2.69. The summed E-state index contributed by atoms with van der Waals surface area (Å²) in [6.45, 7) is 5.59. The van der Waals surface area contributed by atoms with Gasteiger partial charge in [-0.25, -0.2) is 4.98 Å². The molecule has 0 aliphatic heterocycles. The maximum absolute atomic E-state index is 12.1. The molecule has 2 aromatic carbocycles. The van der Waals surface area contributed by atoms with Crippen molar-refractivity contribution in [2.45, 2.75) is 20.4 Å². The van der Waals surface area contributed by atoms with Crippen molar-refractivity contribution in [2.75, 3.05) is 18.5 Å². The number of carbonyl (C=O) groups excluding carboxylic acids is 1. The van der Waals surface area contributed by atoms with Crippen molar-refractivity contribution in [3.05, 3.63) is 69.5 Å². The molecule has 0 bridgehead atoms. The zero-order valence-electron chi connectivity index (χ0n) is 16.3. The number of benzene rings is 2. The molecule has 146 valence electrons. The lowest BCUT2D eigenvalue weighted by Gasteiger charge is -2.16. The first kappa shape index (κ1) is 20.6. The van der Waals surface area contributed by atoms with Gasteiger partial charge in [0.25, 0.3) is 5.91 Å². The van der Waals surface area contributed by atoms with Crippen LogP contribution >= 0.6 is 27.3 Å². The fraction of sp³-hybridized carbons (Fsp3) is 0.273. The van der Waals surface area contributed by atoms with Gasteiger partial charge in [-0.15, -0.1) is 11.3 Å². The zero-order chi connectivity index (χ0) is 20.1. The van der Waals surface area contributed by atoms with Crippen molar-refractivity contribution < 1.29 is 4.79 Å². The molecule has 0 unspecified atom stereocenters. The lowest BCUT2D eigenvalue weighted by molar-refractivity contribution is 0.0949. The van der Waals surface area contributed by atoms with Crippen LogP contribution in [0.1, 0.15) is 29.8 Å². The number of aromatic nitrogens is 1. The molecule has 3 rings (SSSR count). The van der Waals surface area contributed by atoms with Crippen LogP contribution in [0, 0.1) is 5.92 Å². The third-order valence-corrected chi connectivity index (χ3v) is 5.75. The highest BCUT2D eigenvalue weighted by Gasteiger charge is 2.10. The van der Waals surface area contributed by atoms with E-state index in [1.807, 2.05) is 43.4 Å². The average Bonchev–Trinajstić information content (AvgIpc) is 3.17.